The van der Waals surface area contributed by atoms with Crippen LogP contribution in [0.1, 0.15) is 11.6 Å². The Morgan fingerprint density at radius 1 is 1.38 bits per heavy atom. The largest absolute Gasteiger partial charge is 0.383 e. The molecule has 0 fully saturated rings. The third-order valence-corrected chi connectivity index (χ3v) is 2.97. The van der Waals surface area contributed by atoms with Crippen LogP contribution in [0, 0.1) is 0 Å². The summed E-state index contributed by atoms with van der Waals surface area (Å²) in [6.45, 7) is 0.760. The number of anilines is 1. The Hall–Kier alpha value is -2.04. The predicted molar refractivity (Wildman–Crippen MR) is 60.5 cm³/mol. The van der Waals surface area contributed by atoms with Gasteiger partial charge in [-0.15, -0.1) is 0 Å². The van der Waals surface area contributed by atoms with Gasteiger partial charge in [-0.1, -0.05) is 18.2 Å². The molecule has 3 rings (SSSR count). The van der Waals surface area contributed by atoms with Gasteiger partial charge in [-0.05, 0) is 18.1 Å². The smallest absolute Gasteiger partial charge is 0.343 e. The molecule has 2 heterocycles. The van der Waals surface area contributed by atoms with Crippen LogP contribution in [0.25, 0.3) is 0 Å². The number of hydrogen-bond donors (Lipinski definition) is 2. The summed E-state index contributed by atoms with van der Waals surface area (Å²) < 4.78 is 1.64. The molecule has 0 amide bonds. The molecule has 2 N–H and O–H groups in total. The molecule has 1 aromatic carbocycles. The Morgan fingerprint density at radius 2 is 2.25 bits per heavy atom. The van der Waals surface area contributed by atoms with E-state index >= 15 is 0 Å². The van der Waals surface area contributed by atoms with Crippen LogP contribution in [0.5, 0.6) is 0 Å². The van der Waals surface area contributed by atoms with Gasteiger partial charge in [0.05, 0.1) is 6.04 Å². The Bertz CT molecular complexity index is 557. The van der Waals surface area contributed by atoms with Gasteiger partial charge in [0, 0.05) is 12.2 Å². The van der Waals surface area contributed by atoms with Crippen molar-refractivity contribution in [2.75, 3.05) is 11.9 Å². The molecule has 2 aromatic rings. The van der Waals surface area contributed by atoms with Gasteiger partial charge >= 0.3 is 5.69 Å². The number of para-hydroxylation sites is 1. The van der Waals surface area contributed by atoms with E-state index in [1.54, 1.807) is 10.9 Å². The van der Waals surface area contributed by atoms with Gasteiger partial charge in [0.1, 0.15) is 6.33 Å². The molecule has 5 heteroatoms. The molecule has 5 nitrogen and oxygen atoms in total. The first-order chi connectivity index (χ1) is 7.84. The second-order valence-electron chi connectivity index (χ2n) is 3.96. The molecule has 82 valence electrons. The van der Waals surface area contributed by atoms with Crippen molar-refractivity contribution in [2.45, 2.75) is 12.5 Å². The Labute approximate surface area is 92.1 Å². The van der Waals surface area contributed by atoms with Gasteiger partial charge in [-0.3, -0.25) is 4.57 Å². The van der Waals surface area contributed by atoms with Crippen molar-refractivity contribution in [1.29, 1.82) is 0 Å². The topological polar surface area (TPSA) is 62.7 Å². The summed E-state index contributed by atoms with van der Waals surface area (Å²) in [5, 5.41) is 9.50. The molecular weight excluding hydrogens is 204 g/mol. The van der Waals surface area contributed by atoms with Gasteiger partial charge in [-0.2, -0.15) is 5.10 Å². The number of hydrogen-bond acceptors (Lipinski definition) is 3. The minimum absolute atomic E-state index is 0.140. The number of benzene rings is 1. The number of rotatable bonds is 1. The monoisotopic (exact) mass is 216 g/mol. The highest BCUT2D eigenvalue weighted by atomic mass is 16.1. The van der Waals surface area contributed by atoms with Gasteiger partial charge in [0.2, 0.25) is 0 Å². The number of fused-ring (bicyclic) bond motifs is 1. The molecule has 1 aliphatic rings. The van der Waals surface area contributed by atoms with Crippen LogP contribution in [0.3, 0.4) is 0 Å². The Kier molecular flexibility index (Phi) is 2.02. The summed E-state index contributed by atoms with van der Waals surface area (Å²) in [4.78, 5) is 11.4. The average Bonchev–Trinajstić information content (AvgIpc) is 2.75. The summed E-state index contributed by atoms with van der Waals surface area (Å²) >= 11 is 0. The highest BCUT2D eigenvalue weighted by Gasteiger charge is 2.20. The van der Waals surface area contributed by atoms with Crippen molar-refractivity contribution < 1.29 is 0 Å². The molecule has 1 atom stereocenters. The second-order valence-corrected chi connectivity index (χ2v) is 3.96. The fourth-order valence-corrected chi connectivity index (χ4v) is 2.14. The van der Waals surface area contributed by atoms with Crippen molar-refractivity contribution in [1.82, 2.24) is 14.8 Å². The number of nitrogens with one attached hydrogen (secondary N) is 2. The fraction of sp³-hybridized carbons (Fsp3) is 0.273. The van der Waals surface area contributed by atoms with Crippen LogP contribution >= 0.6 is 0 Å². The molecular formula is C11H12N4O. The van der Waals surface area contributed by atoms with Gasteiger partial charge in [-0.25, -0.2) is 9.89 Å². The fourth-order valence-electron chi connectivity index (χ4n) is 2.14. The van der Waals surface area contributed by atoms with E-state index in [0.29, 0.717) is 0 Å². The van der Waals surface area contributed by atoms with Crippen LogP contribution in [-0.4, -0.2) is 21.3 Å². The molecule has 0 saturated carbocycles. The van der Waals surface area contributed by atoms with E-state index < -0.39 is 0 Å². The highest BCUT2D eigenvalue weighted by molar-refractivity contribution is 5.53. The van der Waals surface area contributed by atoms with E-state index in [4.69, 9.17) is 0 Å². The summed E-state index contributed by atoms with van der Waals surface area (Å²) in [6.07, 6.45) is 2.42. The van der Waals surface area contributed by atoms with E-state index in [9.17, 15) is 4.79 Å². The molecule has 0 aliphatic carbocycles. The van der Waals surface area contributed by atoms with Gasteiger partial charge < -0.3 is 5.32 Å². The number of aromatic amines is 1. The van der Waals surface area contributed by atoms with Gasteiger partial charge in [0.25, 0.3) is 0 Å². The van der Waals surface area contributed by atoms with Crippen LogP contribution in [0.2, 0.25) is 0 Å². The van der Waals surface area contributed by atoms with Crippen LogP contribution in [-0.2, 0) is 6.42 Å². The first-order valence-corrected chi connectivity index (χ1v) is 5.28. The lowest BCUT2D eigenvalue weighted by Gasteiger charge is -2.26. The zero-order valence-corrected chi connectivity index (χ0v) is 8.68. The number of aromatic nitrogens is 3. The van der Waals surface area contributed by atoms with E-state index in [2.05, 4.69) is 27.6 Å². The summed E-state index contributed by atoms with van der Waals surface area (Å²) in [6, 6.07) is 8.31. The lowest BCUT2D eigenvalue weighted by molar-refractivity contribution is 0.496. The standard InChI is InChI=1S/C11H12N4O/c16-11-14-13-7-15(11)9-5-8-3-1-2-4-10(8)12-6-9/h1-4,7,9,12H,5-6H2,(H,14,16). The quantitative estimate of drug-likeness (QED) is 0.740. The summed E-state index contributed by atoms with van der Waals surface area (Å²) in [5.41, 5.74) is 2.26. The SMILES string of the molecule is O=c1[nH]ncn1C1CNc2ccccc2C1. The molecule has 1 aromatic heterocycles. The van der Waals surface area contributed by atoms with Crippen LogP contribution in [0.4, 0.5) is 5.69 Å². The molecule has 16 heavy (non-hydrogen) atoms. The lowest BCUT2D eigenvalue weighted by Crippen LogP contribution is -2.31. The van der Waals surface area contributed by atoms with Gasteiger partial charge in [0.15, 0.2) is 0 Å². The maximum Gasteiger partial charge on any atom is 0.343 e. The second kappa shape index (κ2) is 3.52. The minimum Gasteiger partial charge on any atom is -0.383 e. The third-order valence-electron chi connectivity index (χ3n) is 2.97. The molecule has 0 radical (unpaired) electrons. The number of H-pyrrole nitrogens is 1. The first kappa shape index (κ1) is 9.21. The normalized spacial score (nSPS) is 18.9. The Morgan fingerprint density at radius 3 is 3.06 bits per heavy atom. The van der Waals surface area contributed by atoms with Crippen LogP contribution < -0.4 is 11.0 Å². The van der Waals surface area contributed by atoms with E-state index in [1.807, 2.05) is 12.1 Å². The Balaban J connectivity index is 1.94. The van der Waals surface area contributed by atoms with E-state index in [-0.39, 0.29) is 11.7 Å². The van der Waals surface area contributed by atoms with Crippen LogP contribution in [0.15, 0.2) is 35.4 Å². The zero-order valence-electron chi connectivity index (χ0n) is 8.68. The molecule has 1 unspecified atom stereocenters. The maximum atomic E-state index is 11.4. The van der Waals surface area contributed by atoms with E-state index in [1.165, 1.54) is 5.56 Å². The minimum atomic E-state index is -0.147. The molecule has 0 spiro atoms. The van der Waals surface area contributed by atoms with Crippen molar-refractivity contribution in [3.05, 3.63) is 46.6 Å². The summed E-state index contributed by atoms with van der Waals surface area (Å²) in [5.74, 6) is 0. The zero-order chi connectivity index (χ0) is 11.0. The predicted octanol–water partition coefficient (Wildman–Crippen LogP) is 0.781. The average molecular weight is 216 g/mol. The maximum absolute atomic E-state index is 11.4. The number of nitrogens with zero attached hydrogens (tertiary/aromatic N) is 2. The van der Waals surface area contributed by atoms with Crippen molar-refractivity contribution >= 4 is 5.69 Å². The first-order valence-electron chi connectivity index (χ1n) is 5.28. The summed E-state index contributed by atoms with van der Waals surface area (Å²) in [7, 11) is 0. The third kappa shape index (κ3) is 1.41. The van der Waals surface area contributed by atoms with Crippen molar-refractivity contribution in [3.8, 4) is 0 Å². The molecule has 0 bridgehead atoms. The highest BCUT2D eigenvalue weighted by Crippen LogP contribution is 2.25. The van der Waals surface area contributed by atoms with Crippen molar-refractivity contribution in [3.63, 3.8) is 0 Å². The van der Waals surface area contributed by atoms with E-state index in [0.717, 1.165) is 18.7 Å². The lowest BCUT2D eigenvalue weighted by atomic mass is 10.00. The molecule has 0 saturated heterocycles. The van der Waals surface area contributed by atoms with Crippen molar-refractivity contribution in [2.24, 2.45) is 0 Å². The molecule has 1 aliphatic heterocycles.